The van der Waals surface area contributed by atoms with Gasteiger partial charge in [0, 0.05) is 22.5 Å². The van der Waals surface area contributed by atoms with Crippen LogP contribution in [-0.4, -0.2) is 14.0 Å². The molecule has 1 aromatic rings. The number of hydrogen-bond acceptors (Lipinski definition) is 2. The highest BCUT2D eigenvalue weighted by atomic mass is 79.9. The van der Waals surface area contributed by atoms with E-state index in [4.69, 9.17) is 4.74 Å². The molecule has 1 aromatic carbocycles. The molecule has 2 nitrogen and oxygen atoms in total. The van der Waals surface area contributed by atoms with Crippen LogP contribution in [0, 0.1) is 11.5 Å². The van der Waals surface area contributed by atoms with E-state index in [1.165, 1.54) is 6.92 Å². The van der Waals surface area contributed by atoms with Crippen molar-refractivity contribution >= 4 is 30.0 Å². The second-order valence-corrected chi connectivity index (χ2v) is 10.7. The molecule has 0 aliphatic heterocycles. The molecule has 0 unspecified atom stereocenters. The van der Waals surface area contributed by atoms with E-state index >= 15 is 0 Å². The quantitative estimate of drug-likeness (QED) is 0.470. The Morgan fingerprint density at radius 3 is 2.61 bits per heavy atom. The molecule has 0 bridgehead atoms. The van der Waals surface area contributed by atoms with Crippen LogP contribution in [0.25, 0.3) is 0 Å². The Bertz CT molecular complexity index is 507. The van der Waals surface area contributed by atoms with E-state index in [1.54, 1.807) is 0 Å². The molecule has 1 rings (SSSR count). The summed E-state index contributed by atoms with van der Waals surface area (Å²) in [4.78, 5) is 10.9. The molecule has 0 aliphatic rings. The third kappa shape index (κ3) is 5.52. The van der Waals surface area contributed by atoms with Crippen LogP contribution in [0.3, 0.4) is 0 Å². The van der Waals surface area contributed by atoms with Crippen molar-refractivity contribution < 1.29 is 9.53 Å². The summed E-state index contributed by atoms with van der Waals surface area (Å²) >= 11 is 3.43. The second kappa shape index (κ2) is 6.21. The third-order valence-electron chi connectivity index (χ3n) is 2.08. The molecule has 96 valence electrons. The van der Waals surface area contributed by atoms with Crippen molar-refractivity contribution in [3.05, 3.63) is 33.8 Å². The number of ether oxygens (including phenoxy) is 1. The molecule has 0 heterocycles. The maximum Gasteiger partial charge on any atom is 0.302 e. The van der Waals surface area contributed by atoms with E-state index < -0.39 is 8.07 Å². The van der Waals surface area contributed by atoms with Gasteiger partial charge in [-0.25, -0.2) is 0 Å². The topological polar surface area (TPSA) is 26.3 Å². The Balaban J connectivity index is 3.03. The average Bonchev–Trinajstić information content (AvgIpc) is 2.23. The lowest BCUT2D eigenvalue weighted by atomic mass is 10.1. The van der Waals surface area contributed by atoms with Crippen molar-refractivity contribution in [2.45, 2.75) is 33.2 Å². The van der Waals surface area contributed by atoms with E-state index in [-0.39, 0.29) is 12.6 Å². The first-order valence-electron chi connectivity index (χ1n) is 5.73. The molecule has 0 fully saturated rings. The van der Waals surface area contributed by atoms with Gasteiger partial charge in [-0.05, 0) is 12.1 Å². The highest BCUT2D eigenvalue weighted by Crippen LogP contribution is 2.17. The van der Waals surface area contributed by atoms with E-state index in [2.05, 4.69) is 47.0 Å². The minimum atomic E-state index is -1.41. The molecular formula is C14H17BrO2Si. The van der Waals surface area contributed by atoms with Crippen LogP contribution in [0.2, 0.25) is 19.6 Å². The van der Waals surface area contributed by atoms with Gasteiger partial charge in [0.1, 0.15) is 14.7 Å². The van der Waals surface area contributed by atoms with E-state index in [9.17, 15) is 4.79 Å². The summed E-state index contributed by atoms with van der Waals surface area (Å²) in [5.41, 5.74) is 5.19. The van der Waals surface area contributed by atoms with Gasteiger partial charge in [-0.15, -0.1) is 5.54 Å². The molecule has 0 saturated heterocycles. The molecule has 4 heteroatoms. The molecule has 0 aliphatic carbocycles. The Morgan fingerprint density at radius 2 is 2.06 bits per heavy atom. The molecule has 0 saturated carbocycles. The fourth-order valence-electron chi connectivity index (χ4n) is 1.23. The lowest BCUT2D eigenvalue weighted by molar-refractivity contribution is -0.142. The average molecular weight is 325 g/mol. The SMILES string of the molecule is CC(=O)OCc1ccc(Br)cc1C#C[Si](C)(C)C. The lowest BCUT2D eigenvalue weighted by Gasteiger charge is -2.07. The summed E-state index contributed by atoms with van der Waals surface area (Å²) in [7, 11) is -1.41. The third-order valence-corrected chi connectivity index (χ3v) is 3.44. The predicted octanol–water partition coefficient (Wildman–Crippen LogP) is 3.74. The van der Waals surface area contributed by atoms with Crippen molar-refractivity contribution in [3.8, 4) is 11.5 Å². The Labute approximate surface area is 118 Å². The minimum absolute atomic E-state index is 0.276. The van der Waals surface area contributed by atoms with Gasteiger partial charge in [0.25, 0.3) is 0 Å². The number of hydrogen-bond donors (Lipinski definition) is 0. The van der Waals surface area contributed by atoms with Crippen LogP contribution in [0.5, 0.6) is 0 Å². The smallest absolute Gasteiger partial charge is 0.302 e. The van der Waals surface area contributed by atoms with E-state index in [0.717, 1.165) is 15.6 Å². The van der Waals surface area contributed by atoms with Crippen molar-refractivity contribution in [3.63, 3.8) is 0 Å². The Kier molecular flexibility index (Phi) is 5.18. The summed E-state index contributed by atoms with van der Waals surface area (Å²) in [6, 6.07) is 5.83. The summed E-state index contributed by atoms with van der Waals surface area (Å²) < 4.78 is 6.01. The Morgan fingerprint density at radius 1 is 1.39 bits per heavy atom. The van der Waals surface area contributed by atoms with Crippen molar-refractivity contribution in [2.24, 2.45) is 0 Å². The number of carbonyl (C=O) groups excluding carboxylic acids is 1. The Hall–Kier alpha value is -1.05. The second-order valence-electron chi connectivity index (χ2n) is 5.08. The van der Waals surface area contributed by atoms with Gasteiger partial charge >= 0.3 is 5.97 Å². The summed E-state index contributed by atoms with van der Waals surface area (Å²) in [6.45, 7) is 8.28. The first-order valence-corrected chi connectivity index (χ1v) is 10.0. The summed E-state index contributed by atoms with van der Waals surface area (Å²) in [6.07, 6.45) is 0. The first-order chi connectivity index (χ1) is 8.28. The van der Waals surface area contributed by atoms with Gasteiger partial charge in [0.05, 0.1) is 0 Å². The van der Waals surface area contributed by atoms with Crippen LogP contribution in [0.15, 0.2) is 22.7 Å². The zero-order valence-electron chi connectivity index (χ0n) is 11.1. The molecule has 18 heavy (non-hydrogen) atoms. The highest BCUT2D eigenvalue weighted by Gasteiger charge is 2.09. The standard InChI is InChI=1S/C14H17BrO2Si/c1-11(16)17-10-13-5-6-14(15)9-12(13)7-8-18(2,3)4/h5-6,9H,10H2,1-4H3. The van der Waals surface area contributed by atoms with Gasteiger partial charge in [0.2, 0.25) is 0 Å². The molecule has 0 N–H and O–H groups in total. The van der Waals surface area contributed by atoms with Crippen molar-refractivity contribution in [1.82, 2.24) is 0 Å². The maximum absolute atomic E-state index is 10.9. The normalized spacial score (nSPS) is 10.5. The van der Waals surface area contributed by atoms with Crippen molar-refractivity contribution in [2.75, 3.05) is 0 Å². The zero-order valence-corrected chi connectivity index (χ0v) is 13.7. The van der Waals surface area contributed by atoms with E-state index in [0.29, 0.717) is 0 Å². The molecule has 0 atom stereocenters. The largest absolute Gasteiger partial charge is 0.461 e. The monoisotopic (exact) mass is 324 g/mol. The highest BCUT2D eigenvalue weighted by molar-refractivity contribution is 9.10. The van der Waals surface area contributed by atoms with Crippen LogP contribution >= 0.6 is 15.9 Å². The fraction of sp³-hybridized carbons (Fsp3) is 0.357. The number of halogens is 1. The van der Waals surface area contributed by atoms with Gasteiger partial charge < -0.3 is 4.74 Å². The van der Waals surface area contributed by atoms with Gasteiger partial charge in [-0.1, -0.05) is 47.6 Å². The predicted molar refractivity (Wildman–Crippen MR) is 79.8 cm³/mol. The lowest BCUT2D eigenvalue weighted by Crippen LogP contribution is -2.16. The molecule has 0 aromatic heterocycles. The van der Waals surface area contributed by atoms with Gasteiger partial charge in [-0.3, -0.25) is 4.79 Å². The number of carbonyl (C=O) groups is 1. The zero-order chi connectivity index (χ0) is 13.8. The van der Waals surface area contributed by atoms with Crippen molar-refractivity contribution in [1.29, 1.82) is 0 Å². The molecule has 0 spiro atoms. The summed E-state index contributed by atoms with van der Waals surface area (Å²) in [5.74, 6) is 2.93. The fourth-order valence-corrected chi connectivity index (χ4v) is 2.10. The van der Waals surface area contributed by atoms with Gasteiger partial charge in [0.15, 0.2) is 0 Å². The number of esters is 1. The minimum Gasteiger partial charge on any atom is -0.461 e. The van der Waals surface area contributed by atoms with Crippen LogP contribution in [-0.2, 0) is 16.1 Å². The maximum atomic E-state index is 10.9. The molecule has 0 radical (unpaired) electrons. The van der Waals surface area contributed by atoms with E-state index in [1.807, 2.05) is 18.2 Å². The first kappa shape index (κ1) is 15.0. The van der Waals surface area contributed by atoms with Gasteiger partial charge in [-0.2, -0.15) is 0 Å². The number of rotatable bonds is 2. The molecular weight excluding hydrogens is 308 g/mol. The summed E-state index contributed by atoms with van der Waals surface area (Å²) in [5, 5.41) is 0. The van der Waals surface area contributed by atoms with Crippen LogP contribution in [0.4, 0.5) is 0 Å². The molecule has 0 amide bonds. The van der Waals surface area contributed by atoms with Crippen LogP contribution in [0.1, 0.15) is 18.1 Å². The number of benzene rings is 1. The van der Waals surface area contributed by atoms with Crippen LogP contribution < -0.4 is 0 Å².